The van der Waals surface area contributed by atoms with Crippen LogP contribution in [0.5, 0.6) is 5.75 Å². The molecule has 3 aromatic rings. The van der Waals surface area contributed by atoms with Gasteiger partial charge in [-0.3, -0.25) is 9.48 Å². The lowest BCUT2D eigenvalue weighted by Gasteiger charge is -2.11. The number of carbonyl (C=O) groups is 1. The lowest BCUT2D eigenvalue weighted by molar-refractivity contribution is 0.0930. The van der Waals surface area contributed by atoms with Crippen LogP contribution in [0.1, 0.15) is 27.5 Å². The molecule has 1 aromatic heterocycles. The molecular weight excluding hydrogens is 401 g/mol. The van der Waals surface area contributed by atoms with E-state index in [9.17, 15) is 9.18 Å². The van der Waals surface area contributed by atoms with Gasteiger partial charge < -0.3 is 10.1 Å². The second-order valence-corrected chi connectivity index (χ2v) is 6.91. The van der Waals surface area contributed by atoms with Crippen molar-refractivity contribution < 1.29 is 13.9 Å². The highest BCUT2D eigenvalue weighted by Crippen LogP contribution is 2.36. The van der Waals surface area contributed by atoms with Gasteiger partial charge in [0.1, 0.15) is 18.2 Å². The van der Waals surface area contributed by atoms with E-state index in [2.05, 4.69) is 26.3 Å². The maximum atomic E-state index is 13.6. The summed E-state index contributed by atoms with van der Waals surface area (Å²) in [4.78, 5) is 12.5. The Balaban J connectivity index is 1.46. The third-order valence-electron chi connectivity index (χ3n) is 4.22. The zero-order valence-corrected chi connectivity index (χ0v) is 15.2. The molecule has 0 radical (unpaired) electrons. The molecule has 0 fully saturated rings. The summed E-state index contributed by atoms with van der Waals surface area (Å²) < 4.78 is 21.1. The van der Waals surface area contributed by atoms with Crippen molar-refractivity contribution in [3.63, 3.8) is 0 Å². The van der Waals surface area contributed by atoms with Crippen molar-refractivity contribution in [2.75, 3.05) is 6.61 Å². The predicted molar refractivity (Wildman–Crippen MR) is 97.6 cm³/mol. The van der Waals surface area contributed by atoms with Crippen LogP contribution in [0.3, 0.4) is 0 Å². The van der Waals surface area contributed by atoms with Gasteiger partial charge in [-0.15, -0.1) is 0 Å². The van der Waals surface area contributed by atoms with Gasteiger partial charge in [-0.25, -0.2) is 4.39 Å². The molecule has 132 valence electrons. The molecule has 1 aliphatic rings. The first-order chi connectivity index (χ1) is 12.6. The molecule has 0 spiro atoms. The van der Waals surface area contributed by atoms with Crippen molar-refractivity contribution >= 4 is 21.8 Å². The SMILES string of the molecule is O=C(NC1COc2cc(F)c(Br)cc21)c1cnn(Cc2ccccc2)c1. The van der Waals surface area contributed by atoms with E-state index < -0.39 is 5.82 Å². The predicted octanol–water partition coefficient (Wildman–Crippen LogP) is 3.70. The average Bonchev–Trinajstić information content (AvgIpc) is 3.24. The minimum absolute atomic E-state index is 0.244. The summed E-state index contributed by atoms with van der Waals surface area (Å²) in [5.41, 5.74) is 2.33. The van der Waals surface area contributed by atoms with E-state index in [0.717, 1.165) is 11.1 Å². The lowest BCUT2D eigenvalue weighted by Crippen LogP contribution is -2.29. The van der Waals surface area contributed by atoms with E-state index in [0.29, 0.717) is 22.3 Å². The molecule has 0 bridgehead atoms. The molecule has 5 nitrogen and oxygen atoms in total. The second kappa shape index (κ2) is 6.92. The molecular formula is C19H15BrFN3O2. The van der Waals surface area contributed by atoms with Crippen molar-refractivity contribution in [1.82, 2.24) is 15.1 Å². The van der Waals surface area contributed by atoms with Crippen LogP contribution in [0.25, 0.3) is 0 Å². The molecule has 1 aliphatic heterocycles. The van der Waals surface area contributed by atoms with Gasteiger partial charge in [0.15, 0.2) is 0 Å². The Labute approximate surface area is 157 Å². The highest BCUT2D eigenvalue weighted by Gasteiger charge is 2.27. The quantitative estimate of drug-likeness (QED) is 0.706. The van der Waals surface area contributed by atoms with Crippen LogP contribution in [0.15, 0.2) is 59.3 Å². The summed E-state index contributed by atoms with van der Waals surface area (Å²) in [7, 11) is 0. The summed E-state index contributed by atoms with van der Waals surface area (Å²) >= 11 is 3.17. The summed E-state index contributed by atoms with van der Waals surface area (Å²) in [5.74, 6) is -0.181. The smallest absolute Gasteiger partial charge is 0.255 e. The van der Waals surface area contributed by atoms with Crippen molar-refractivity contribution in [1.29, 1.82) is 0 Å². The average molecular weight is 416 g/mol. The van der Waals surface area contributed by atoms with Crippen LogP contribution < -0.4 is 10.1 Å². The van der Waals surface area contributed by atoms with E-state index in [1.54, 1.807) is 16.9 Å². The van der Waals surface area contributed by atoms with E-state index in [1.807, 2.05) is 30.3 Å². The fraction of sp³-hybridized carbons (Fsp3) is 0.158. The van der Waals surface area contributed by atoms with Gasteiger partial charge in [-0.05, 0) is 27.6 Å². The number of nitrogens with zero attached hydrogens (tertiary/aromatic N) is 2. The largest absolute Gasteiger partial charge is 0.491 e. The zero-order valence-electron chi connectivity index (χ0n) is 13.7. The summed E-state index contributed by atoms with van der Waals surface area (Å²) in [6, 6.07) is 12.5. The van der Waals surface area contributed by atoms with Gasteiger partial charge in [0.2, 0.25) is 0 Å². The number of ether oxygens (including phenoxy) is 1. The number of carbonyl (C=O) groups excluding carboxylic acids is 1. The van der Waals surface area contributed by atoms with Gasteiger partial charge in [0, 0.05) is 17.8 Å². The number of hydrogen-bond donors (Lipinski definition) is 1. The fourth-order valence-corrected chi connectivity index (χ4v) is 3.26. The van der Waals surface area contributed by atoms with E-state index >= 15 is 0 Å². The van der Waals surface area contributed by atoms with Gasteiger partial charge in [-0.1, -0.05) is 30.3 Å². The molecule has 0 saturated carbocycles. The Morgan fingerprint density at radius 2 is 2.15 bits per heavy atom. The Kier molecular flexibility index (Phi) is 4.46. The highest BCUT2D eigenvalue weighted by molar-refractivity contribution is 9.10. The molecule has 26 heavy (non-hydrogen) atoms. The third-order valence-corrected chi connectivity index (χ3v) is 4.83. The van der Waals surface area contributed by atoms with E-state index in [1.165, 1.54) is 12.3 Å². The number of fused-ring (bicyclic) bond motifs is 1. The molecule has 0 aliphatic carbocycles. The molecule has 1 atom stereocenters. The van der Waals surface area contributed by atoms with Crippen molar-refractivity contribution in [3.8, 4) is 5.75 Å². The monoisotopic (exact) mass is 415 g/mol. The Hall–Kier alpha value is -2.67. The van der Waals surface area contributed by atoms with Crippen LogP contribution in [0, 0.1) is 5.82 Å². The summed E-state index contributed by atoms with van der Waals surface area (Å²) in [5, 5.41) is 7.16. The molecule has 1 amide bonds. The van der Waals surface area contributed by atoms with Gasteiger partial charge in [0.25, 0.3) is 5.91 Å². The van der Waals surface area contributed by atoms with E-state index in [4.69, 9.17) is 4.74 Å². The van der Waals surface area contributed by atoms with E-state index in [-0.39, 0.29) is 18.6 Å². The van der Waals surface area contributed by atoms with Gasteiger partial charge >= 0.3 is 0 Å². The molecule has 2 heterocycles. The summed E-state index contributed by atoms with van der Waals surface area (Å²) in [6.07, 6.45) is 3.25. The Bertz CT molecular complexity index is 959. The minimum atomic E-state index is -0.391. The lowest BCUT2D eigenvalue weighted by atomic mass is 10.1. The minimum Gasteiger partial charge on any atom is -0.491 e. The molecule has 7 heteroatoms. The Morgan fingerprint density at radius 1 is 1.35 bits per heavy atom. The Morgan fingerprint density at radius 3 is 2.96 bits per heavy atom. The van der Waals surface area contributed by atoms with Crippen LogP contribution in [-0.2, 0) is 6.54 Å². The molecule has 2 aromatic carbocycles. The number of rotatable bonds is 4. The number of hydrogen-bond acceptors (Lipinski definition) is 3. The third kappa shape index (κ3) is 3.35. The van der Waals surface area contributed by atoms with Gasteiger partial charge in [0.05, 0.1) is 28.8 Å². The highest BCUT2D eigenvalue weighted by atomic mass is 79.9. The molecule has 1 N–H and O–H groups in total. The first kappa shape index (κ1) is 16.8. The number of aromatic nitrogens is 2. The normalized spacial score (nSPS) is 15.4. The maximum absolute atomic E-state index is 13.6. The molecule has 0 saturated heterocycles. The fourth-order valence-electron chi connectivity index (χ4n) is 2.90. The van der Waals surface area contributed by atoms with Crippen molar-refractivity contribution in [2.24, 2.45) is 0 Å². The topological polar surface area (TPSA) is 56.1 Å². The standard InChI is InChI=1S/C19H15BrFN3O2/c20-15-6-14-17(11-26-18(14)7-16(15)21)23-19(25)13-8-22-24(10-13)9-12-4-2-1-3-5-12/h1-8,10,17H,9,11H2,(H,23,25). The molecule has 1 unspecified atom stereocenters. The number of amides is 1. The zero-order chi connectivity index (χ0) is 18.1. The van der Waals surface area contributed by atoms with Gasteiger partial charge in [-0.2, -0.15) is 5.10 Å². The van der Waals surface area contributed by atoms with Crippen LogP contribution in [-0.4, -0.2) is 22.3 Å². The number of benzene rings is 2. The number of nitrogens with one attached hydrogen (secondary N) is 1. The second-order valence-electron chi connectivity index (χ2n) is 6.05. The first-order valence-corrected chi connectivity index (χ1v) is 8.88. The summed E-state index contributed by atoms with van der Waals surface area (Å²) in [6.45, 7) is 0.866. The van der Waals surface area contributed by atoms with Crippen molar-refractivity contribution in [3.05, 3.63) is 81.8 Å². The van der Waals surface area contributed by atoms with Crippen LogP contribution in [0.2, 0.25) is 0 Å². The maximum Gasteiger partial charge on any atom is 0.255 e. The van der Waals surface area contributed by atoms with Crippen LogP contribution >= 0.6 is 15.9 Å². The number of halogens is 2. The van der Waals surface area contributed by atoms with Crippen molar-refractivity contribution in [2.45, 2.75) is 12.6 Å². The van der Waals surface area contributed by atoms with Crippen LogP contribution in [0.4, 0.5) is 4.39 Å². The molecule has 4 rings (SSSR count). The first-order valence-electron chi connectivity index (χ1n) is 8.09.